The second kappa shape index (κ2) is 6.70. The summed E-state index contributed by atoms with van der Waals surface area (Å²) < 4.78 is 5.42. The molecule has 0 spiro atoms. The van der Waals surface area contributed by atoms with Crippen LogP contribution in [0.5, 0.6) is 0 Å². The van der Waals surface area contributed by atoms with E-state index < -0.39 is 0 Å². The van der Waals surface area contributed by atoms with Gasteiger partial charge >= 0.3 is 5.97 Å². The topological polar surface area (TPSA) is 43.4 Å². The predicted octanol–water partition coefficient (Wildman–Crippen LogP) is 3.79. The summed E-state index contributed by atoms with van der Waals surface area (Å²) in [6.07, 6.45) is 2.37. The van der Waals surface area contributed by atoms with Gasteiger partial charge in [-0.15, -0.1) is 0 Å². The van der Waals surface area contributed by atoms with Crippen LogP contribution in [0.1, 0.15) is 43.5 Å². The minimum absolute atomic E-state index is 0.0408. The van der Waals surface area contributed by atoms with Crippen LogP contribution in [0.15, 0.2) is 42.5 Å². The quantitative estimate of drug-likeness (QED) is 0.470. The van der Waals surface area contributed by atoms with Crippen molar-refractivity contribution in [3.8, 4) is 0 Å². The lowest BCUT2D eigenvalue weighted by atomic mass is 9.83. The lowest BCUT2D eigenvalue weighted by Gasteiger charge is -2.28. The van der Waals surface area contributed by atoms with E-state index in [1.807, 2.05) is 37.3 Å². The summed E-state index contributed by atoms with van der Waals surface area (Å²) in [7, 11) is 0. The Morgan fingerprint density at radius 2 is 1.86 bits per heavy atom. The average molecular weight is 286 g/mol. The molecule has 1 aromatic carbocycles. The van der Waals surface area contributed by atoms with Crippen LogP contribution in [0.4, 0.5) is 0 Å². The first kappa shape index (κ1) is 15.5. The molecule has 0 radical (unpaired) electrons. The zero-order valence-electron chi connectivity index (χ0n) is 12.7. The number of rotatable bonds is 5. The van der Waals surface area contributed by atoms with Crippen LogP contribution in [0.2, 0.25) is 0 Å². The molecular weight excluding hydrogens is 264 g/mol. The molecule has 0 heterocycles. The lowest BCUT2D eigenvalue weighted by Crippen LogP contribution is -2.33. The fourth-order valence-corrected chi connectivity index (χ4v) is 3.23. The van der Waals surface area contributed by atoms with E-state index in [4.69, 9.17) is 4.74 Å². The number of hydrogen-bond acceptors (Lipinski definition) is 3. The molecule has 0 bridgehead atoms. The number of ketones is 1. The molecular formula is C18H22O3. The van der Waals surface area contributed by atoms with Gasteiger partial charge in [-0.2, -0.15) is 0 Å². The predicted molar refractivity (Wildman–Crippen MR) is 82.0 cm³/mol. The molecule has 0 N–H and O–H groups in total. The molecule has 3 nitrogen and oxygen atoms in total. The van der Waals surface area contributed by atoms with E-state index in [-0.39, 0.29) is 29.7 Å². The zero-order chi connectivity index (χ0) is 15.4. The summed E-state index contributed by atoms with van der Waals surface area (Å²) in [6.45, 7) is 7.19. The van der Waals surface area contributed by atoms with E-state index in [0.717, 1.165) is 30.4 Å². The second-order valence-corrected chi connectivity index (χ2v) is 5.81. The number of benzene rings is 1. The Balaban J connectivity index is 2.21. The van der Waals surface area contributed by atoms with Crippen molar-refractivity contribution in [2.75, 3.05) is 0 Å². The van der Waals surface area contributed by atoms with Gasteiger partial charge in [0.1, 0.15) is 6.10 Å². The third kappa shape index (κ3) is 3.60. The largest absolute Gasteiger partial charge is 0.458 e. The molecule has 2 rings (SSSR count). The highest BCUT2D eigenvalue weighted by atomic mass is 16.5. The Kier molecular flexibility index (Phi) is 4.94. The highest BCUT2D eigenvalue weighted by molar-refractivity contribution is 5.98. The molecule has 21 heavy (non-hydrogen) atoms. The number of esters is 1. The van der Waals surface area contributed by atoms with E-state index in [1.165, 1.54) is 6.92 Å². The molecule has 0 amide bonds. The van der Waals surface area contributed by atoms with E-state index in [1.54, 1.807) is 0 Å². The molecule has 1 saturated carbocycles. The molecule has 3 heteroatoms. The molecule has 1 fully saturated rings. The van der Waals surface area contributed by atoms with Gasteiger partial charge in [0.15, 0.2) is 5.78 Å². The summed E-state index contributed by atoms with van der Waals surface area (Å²) >= 11 is 0. The van der Waals surface area contributed by atoms with Crippen molar-refractivity contribution in [2.24, 2.45) is 11.8 Å². The third-order valence-corrected chi connectivity index (χ3v) is 4.13. The van der Waals surface area contributed by atoms with Gasteiger partial charge < -0.3 is 4.74 Å². The van der Waals surface area contributed by atoms with Gasteiger partial charge in [-0.25, -0.2) is 0 Å². The van der Waals surface area contributed by atoms with Crippen LogP contribution in [0.25, 0.3) is 0 Å². The molecule has 0 saturated heterocycles. The summed E-state index contributed by atoms with van der Waals surface area (Å²) in [5.74, 6) is -0.218. The van der Waals surface area contributed by atoms with Crippen LogP contribution >= 0.6 is 0 Å². The second-order valence-electron chi connectivity index (χ2n) is 5.81. The smallest absolute Gasteiger partial charge is 0.303 e. The SMILES string of the molecule is C=C(C)C(OC(C)=O)[C@H]1CCC[C@@H]1C(=O)c1ccccc1. The van der Waals surface area contributed by atoms with E-state index >= 15 is 0 Å². The van der Waals surface area contributed by atoms with Crippen molar-refractivity contribution in [1.29, 1.82) is 0 Å². The minimum atomic E-state index is -0.359. The molecule has 0 aromatic heterocycles. The Morgan fingerprint density at radius 3 is 2.43 bits per heavy atom. The Morgan fingerprint density at radius 1 is 1.19 bits per heavy atom. The van der Waals surface area contributed by atoms with Crippen molar-refractivity contribution >= 4 is 11.8 Å². The van der Waals surface area contributed by atoms with Gasteiger partial charge in [0.25, 0.3) is 0 Å². The normalized spacial score (nSPS) is 22.6. The Hall–Kier alpha value is -1.90. The van der Waals surface area contributed by atoms with Crippen molar-refractivity contribution in [2.45, 2.75) is 39.2 Å². The fourth-order valence-electron chi connectivity index (χ4n) is 3.23. The Labute approximate surface area is 126 Å². The molecule has 1 aliphatic carbocycles. The monoisotopic (exact) mass is 286 g/mol. The van der Waals surface area contributed by atoms with Gasteiger partial charge in [0.2, 0.25) is 0 Å². The van der Waals surface area contributed by atoms with Crippen molar-refractivity contribution < 1.29 is 14.3 Å². The third-order valence-electron chi connectivity index (χ3n) is 4.13. The minimum Gasteiger partial charge on any atom is -0.458 e. The van der Waals surface area contributed by atoms with Crippen LogP contribution in [0.3, 0.4) is 0 Å². The van der Waals surface area contributed by atoms with Crippen LogP contribution in [-0.2, 0) is 9.53 Å². The molecule has 1 aliphatic rings. The number of carbonyl (C=O) groups is 2. The molecule has 112 valence electrons. The van der Waals surface area contributed by atoms with Gasteiger partial charge in [-0.3, -0.25) is 9.59 Å². The number of Topliss-reactive ketones (excluding diaryl/α,β-unsaturated/α-hetero) is 1. The molecule has 1 aromatic rings. The van der Waals surface area contributed by atoms with Crippen LogP contribution < -0.4 is 0 Å². The first-order valence-corrected chi connectivity index (χ1v) is 7.42. The number of carbonyl (C=O) groups excluding carboxylic acids is 2. The first-order valence-electron chi connectivity index (χ1n) is 7.42. The number of ether oxygens (including phenoxy) is 1. The summed E-state index contributed by atoms with van der Waals surface area (Å²) in [5, 5.41) is 0. The fraction of sp³-hybridized carbons (Fsp3) is 0.444. The van der Waals surface area contributed by atoms with E-state index in [2.05, 4.69) is 6.58 Å². The van der Waals surface area contributed by atoms with Crippen molar-refractivity contribution in [1.82, 2.24) is 0 Å². The summed E-state index contributed by atoms with van der Waals surface area (Å²) in [6, 6.07) is 9.34. The van der Waals surface area contributed by atoms with Crippen LogP contribution in [-0.4, -0.2) is 17.9 Å². The first-order chi connectivity index (χ1) is 10.0. The van der Waals surface area contributed by atoms with Crippen LogP contribution in [0, 0.1) is 11.8 Å². The highest BCUT2D eigenvalue weighted by Crippen LogP contribution is 2.39. The summed E-state index contributed by atoms with van der Waals surface area (Å²) in [4.78, 5) is 24.0. The maximum Gasteiger partial charge on any atom is 0.303 e. The average Bonchev–Trinajstić information content (AvgIpc) is 2.93. The van der Waals surface area contributed by atoms with Crippen molar-refractivity contribution in [3.05, 3.63) is 48.0 Å². The maximum atomic E-state index is 12.7. The highest BCUT2D eigenvalue weighted by Gasteiger charge is 2.40. The van der Waals surface area contributed by atoms with E-state index in [9.17, 15) is 9.59 Å². The van der Waals surface area contributed by atoms with Gasteiger partial charge in [0, 0.05) is 24.3 Å². The molecule has 1 unspecified atom stereocenters. The summed E-state index contributed by atoms with van der Waals surface area (Å²) in [5.41, 5.74) is 1.54. The zero-order valence-corrected chi connectivity index (χ0v) is 12.7. The van der Waals surface area contributed by atoms with E-state index in [0.29, 0.717) is 0 Å². The molecule has 0 aliphatic heterocycles. The van der Waals surface area contributed by atoms with Crippen molar-refractivity contribution in [3.63, 3.8) is 0 Å². The van der Waals surface area contributed by atoms with Gasteiger partial charge in [0.05, 0.1) is 0 Å². The van der Waals surface area contributed by atoms with Gasteiger partial charge in [-0.05, 0) is 25.3 Å². The standard InChI is InChI=1S/C18H22O3/c1-12(2)18(21-13(3)19)16-11-7-10-15(16)17(20)14-8-5-4-6-9-14/h4-6,8-9,15-16,18H,1,7,10-11H2,2-3H3/t15-,16-,18?/m0/s1. The maximum absolute atomic E-state index is 12.7. The Bertz CT molecular complexity index is 533. The molecule has 3 atom stereocenters. The number of hydrogen-bond donors (Lipinski definition) is 0. The lowest BCUT2D eigenvalue weighted by molar-refractivity contribution is -0.147. The van der Waals surface area contributed by atoms with Gasteiger partial charge in [-0.1, -0.05) is 43.3 Å².